The van der Waals surface area contributed by atoms with Gasteiger partial charge in [0, 0.05) is 17.8 Å². The molecule has 0 bridgehead atoms. The first kappa shape index (κ1) is 19.3. The van der Waals surface area contributed by atoms with Crippen LogP contribution in [0, 0.1) is 10.1 Å². The molecule has 0 aliphatic heterocycles. The Morgan fingerprint density at radius 3 is 2.39 bits per heavy atom. The molecule has 1 unspecified atom stereocenters. The number of aryl methyl sites for hydroxylation is 1. The van der Waals surface area contributed by atoms with E-state index in [1.807, 2.05) is 18.2 Å². The van der Waals surface area contributed by atoms with E-state index in [-0.39, 0.29) is 5.78 Å². The number of hydrogen-bond donors (Lipinski definition) is 0. The van der Waals surface area contributed by atoms with Gasteiger partial charge in [-0.1, -0.05) is 62.9 Å². The van der Waals surface area contributed by atoms with Crippen LogP contribution < -0.4 is 0 Å². The molecule has 4 nitrogen and oxygen atoms in total. The third-order valence-corrected chi connectivity index (χ3v) is 4.19. The van der Waals surface area contributed by atoms with Crippen molar-refractivity contribution >= 4 is 5.78 Å². The lowest BCUT2D eigenvalue weighted by Gasteiger charge is -2.08. The molecule has 4 heteroatoms. The summed E-state index contributed by atoms with van der Waals surface area (Å²) in [6.07, 6.45) is 8.46. The van der Waals surface area contributed by atoms with Crippen LogP contribution in [0.4, 0.5) is 0 Å². The van der Waals surface area contributed by atoms with Crippen molar-refractivity contribution in [2.24, 2.45) is 0 Å². The summed E-state index contributed by atoms with van der Waals surface area (Å²) < 4.78 is 0. The van der Waals surface area contributed by atoms with Crippen LogP contribution in [-0.2, 0) is 11.2 Å². The van der Waals surface area contributed by atoms with Crippen molar-refractivity contribution in [3.63, 3.8) is 0 Å². The van der Waals surface area contributed by atoms with Crippen LogP contribution in [0.5, 0.6) is 0 Å². The summed E-state index contributed by atoms with van der Waals surface area (Å²) in [6.45, 7) is 2.05. The fourth-order valence-electron chi connectivity index (χ4n) is 2.76. The number of rotatable bonds is 13. The Bertz CT molecular complexity index is 459. The summed E-state index contributed by atoms with van der Waals surface area (Å²) in [5.41, 5.74) is 1.34. The zero-order valence-electron chi connectivity index (χ0n) is 14.2. The second-order valence-corrected chi connectivity index (χ2v) is 6.16. The molecule has 0 radical (unpaired) electrons. The van der Waals surface area contributed by atoms with Gasteiger partial charge in [-0.05, 0) is 31.2 Å². The maximum atomic E-state index is 12.0. The van der Waals surface area contributed by atoms with Gasteiger partial charge in [0.25, 0.3) is 6.04 Å². The first-order chi connectivity index (χ1) is 11.1. The van der Waals surface area contributed by atoms with Gasteiger partial charge < -0.3 is 0 Å². The minimum atomic E-state index is -0.981. The van der Waals surface area contributed by atoms with Crippen molar-refractivity contribution in [1.29, 1.82) is 0 Å². The van der Waals surface area contributed by atoms with Crippen molar-refractivity contribution in [1.82, 2.24) is 0 Å². The Kier molecular flexibility index (Phi) is 9.92. The third-order valence-electron chi connectivity index (χ3n) is 4.19. The molecule has 1 rings (SSSR count). The normalized spacial score (nSPS) is 12.0. The summed E-state index contributed by atoms with van der Waals surface area (Å²) in [5.74, 6) is -0.186. The summed E-state index contributed by atoms with van der Waals surface area (Å²) in [7, 11) is 0. The number of unbranched alkanes of at least 4 members (excludes halogenated alkanes) is 5. The summed E-state index contributed by atoms with van der Waals surface area (Å²) in [6, 6.07) is 9.38. The maximum Gasteiger partial charge on any atom is 0.270 e. The molecule has 1 aromatic carbocycles. The van der Waals surface area contributed by atoms with Crippen LogP contribution in [0.15, 0.2) is 30.3 Å². The molecule has 1 atom stereocenters. The highest BCUT2D eigenvalue weighted by Gasteiger charge is 2.27. The predicted molar refractivity (Wildman–Crippen MR) is 93.2 cm³/mol. The van der Waals surface area contributed by atoms with Crippen molar-refractivity contribution in [2.75, 3.05) is 0 Å². The lowest BCUT2D eigenvalue weighted by molar-refractivity contribution is -0.508. The summed E-state index contributed by atoms with van der Waals surface area (Å²) in [5, 5.41) is 11.0. The Labute approximate surface area is 139 Å². The van der Waals surface area contributed by atoms with Gasteiger partial charge in [0.05, 0.1) is 0 Å². The zero-order chi connectivity index (χ0) is 16.9. The molecule has 0 spiro atoms. The molecule has 0 saturated heterocycles. The van der Waals surface area contributed by atoms with E-state index in [9.17, 15) is 14.9 Å². The molecule has 0 aromatic heterocycles. The zero-order valence-corrected chi connectivity index (χ0v) is 14.2. The Morgan fingerprint density at radius 1 is 1.04 bits per heavy atom. The smallest absolute Gasteiger partial charge is 0.270 e. The molecule has 128 valence electrons. The van der Waals surface area contributed by atoms with Crippen LogP contribution in [-0.4, -0.2) is 16.7 Å². The molecule has 0 saturated carbocycles. The molecule has 0 heterocycles. The Balaban J connectivity index is 2.15. The number of Topliss-reactive ketones (excluding diaryl/α,β-unsaturated/α-hetero) is 1. The van der Waals surface area contributed by atoms with E-state index in [1.165, 1.54) is 5.56 Å². The molecule has 0 aliphatic rings. The molecule has 0 aliphatic carbocycles. The van der Waals surface area contributed by atoms with Crippen LogP contribution in [0.25, 0.3) is 0 Å². The first-order valence-electron chi connectivity index (χ1n) is 8.85. The monoisotopic (exact) mass is 319 g/mol. The van der Waals surface area contributed by atoms with E-state index < -0.39 is 11.0 Å². The molecule has 0 N–H and O–H groups in total. The molecular formula is C19H29NO3. The van der Waals surface area contributed by atoms with E-state index in [1.54, 1.807) is 0 Å². The highest BCUT2D eigenvalue weighted by atomic mass is 16.6. The topological polar surface area (TPSA) is 60.2 Å². The first-order valence-corrected chi connectivity index (χ1v) is 8.85. The number of nitrogens with zero attached hydrogens (tertiary/aromatic N) is 1. The van der Waals surface area contributed by atoms with Crippen molar-refractivity contribution in [3.8, 4) is 0 Å². The van der Waals surface area contributed by atoms with Gasteiger partial charge in [-0.15, -0.1) is 0 Å². The number of benzene rings is 1. The summed E-state index contributed by atoms with van der Waals surface area (Å²) in [4.78, 5) is 22.6. The SMILES string of the molecule is CCCCCC(C(=O)CCCCCCc1ccccc1)[N+](=O)[O-]. The van der Waals surface area contributed by atoms with Crippen LogP contribution in [0.1, 0.15) is 70.3 Å². The molecule has 23 heavy (non-hydrogen) atoms. The van der Waals surface area contributed by atoms with Gasteiger partial charge in [0.2, 0.25) is 5.78 Å². The van der Waals surface area contributed by atoms with Crippen LogP contribution in [0.2, 0.25) is 0 Å². The minimum absolute atomic E-state index is 0.186. The summed E-state index contributed by atoms with van der Waals surface area (Å²) >= 11 is 0. The van der Waals surface area contributed by atoms with Crippen molar-refractivity contribution < 1.29 is 9.72 Å². The molecule has 0 fully saturated rings. The van der Waals surface area contributed by atoms with Gasteiger partial charge >= 0.3 is 0 Å². The number of carbonyl (C=O) groups is 1. The highest BCUT2D eigenvalue weighted by molar-refractivity contribution is 5.82. The van der Waals surface area contributed by atoms with Gasteiger partial charge in [-0.2, -0.15) is 0 Å². The number of nitro groups is 1. The average molecular weight is 319 g/mol. The Morgan fingerprint density at radius 2 is 1.74 bits per heavy atom. The van der Waals surface area contributed by atoms with Gasteiger partial charge in [-0.3, -0.25) is 14.9 Å². The van der Waals surface area contributed by atoms with E-state index >= 15 is 0 Å². The number of ketones is 1. The van der Waals surface area contributed by atoms with Crippen molar-refractivity contribution in [3.05, 3.63) is 46.0 Å². The molecule has 1 aromatic rings. The number of carbonyl (C=O) groups excluding carboxylic acids is 1. The fourth-order valence-corrected chi connectivity index (χ4v) is 2.76. The quantitative estimate of drug-likeness (QED) is 0.293. The lowest BCUT2D eigenvalue weighted by Crippen LogP contribution is -2.29. The van der Waals surface area contributed by atoms with Gasteiger partial charge in [0.1, 0.15) is 0 Å². The van der Waals surface area contributed by atoms with E-state index in [0.717, 1.165) is 51.4 Å². The van der Waals surface area contributed by atoms with Crippen molar-refractivity contribution in [2.45, 2.75) is 77.2 Å². The standard InChI is InChI=1S/C19H29NO3/c1-2-3-7-15-18(20(22)23)19(21)16-11-5-4-8-12-17-13-9-6-10-14-17/h6,9-10,13-14,18H,2-5,7-8,11-12,15-16H2,1H3. The molecule has 0 amide bonds. The lowest BCUT2D eigenvalue weighted by atomic mass is 9.99. The van der Waals surface area contributed by atoms with Crippen LogP contribution >= 0.6 is 0 Å². The third kappa shape index (κ3) is 8.48. The second-order valence-electron chi connectivity index (χ2n) is 6.16. The van der Waals surface area contributed by atoms with Gasteiger partial charge in [-0.25, -0.2) is 0 Å². The molecular weight excluding hydrogens is 290 g/mol. The average Bonchev–Trinajstić information content (AvgIpc) is 2.55. The van der Waals surface area contributed by atoms with E-state index in [0.29, 0.717) is 12.8 Å². The maximum absolute atomic E-state index is 12.0. The fraction of sp³-hybridized carbons (Fsp3) is 0.632. The predicted octanol–water partition coefficient (Wildman–Crippen LogP) is 4.97. The highest BCUT2D eigenvalue weighted by Crippen LogP contribution is 2.13. The van der Waals surface area contributed by atoms with Gasteiger partial charge in [0.15, 0.2) is 0 Å². The number of hydrogen-bond acceptors (Lipinski definition) is 3. The second kappa shape index (κ2) is 11.8. The minimum Gasteiger partial charge on any atom is -0.292 e. The largest absolute Gasteiger partial charge is 0.292 e. The van der Waals surface area contributed by atoms with E-state index in [4.69, 9.17) is 0 Å². The Hall–Kier alpha value is -1.71. The van der Waals surface area contributed by atoms with E-state index in [2.05, 4.69) is 19.1 Å². The van der Waals surface area contributed by atoms with Crippen LogP contribution in [0.3, 0.4) is 0 Å².